The number of hydrogen-bond donors (Lipinski definition) is 2. The van der Waals surface area contributed by atoms with Crippen LogP contribution in [0.5, 0.6) is 11.5 Å². The molecule has 1 aromatic heterocycles. The number of benzene rings is 2. The minimum Gasteiger partial charge on any atom is -0.497 e. The van der Waals surface area contributed by atoms with Crippen molar-refractivity contribution in [3.05, 3.63) is 66.5 Å². The molecule has 134 valence electrons. The van der Waals surface area contributed by atoms with Gasteiger partial charge >= 0.3 is 0 Å². The first-order chi connectivity index (χ1) is 12.7. The molecule has 1 unspecified atom stereocenters. The zero-order valence-electron chi connectivity index (χ0n) is 15.1. The molecule has 0 saturated carbocycles. The van der Waals surface area contributed by atoms with Crippen molar-refractivity contribution in [3.63, 3.8) is 0 Å². The maximum Gasteiger partial charge on any atom is 0.146 e. The monoisotopic (exact) mass is 350 g/mol. The fraction of sp³-hybridized carbons (Fsp3) is 0.200. The molecule has 3 rings (SSSR count). The summed E-state index contributed by atoms with van der Waals surface area (Å²) in [6.07, 6.45) is 1.53. The summed E-state index contributed by atoms with van der Waals surface area (Å²) in [4.78, 5) is 8.59. The van der Waals surface area contributed by atoms with Gasteiger partial charge in [-0.1, -0.05) is 30.3 Å². The quantitative estimate of drug-likeness (QED) is 0.658. The standard InChI is InChI=1S/C20H22N4O2/c1-14(15-7-5-4-6-8-15)23-19-12-20(22-13-21-19)24-17-10-9-16(25-2)11-18(17)26-3/h4-14H,1-3H3,(H2,21,22,23,24). The van der Waals surface area contributed by atoms with Crippen molar-refractivity contribution in [3.8, 4) is 11.5 Å². The van der Waals surface area contributed by atoms with E-state index in [4.69, 9.17) is 9.47 Å². The maximum absolute atomic E-state index is 5.41. The third kappa shape index (κ3) is 4.22. The van der Waals surface area contributed by atoms with E-state index >= 15 is 0 Å². The molecular formula is C20H22N4O2. The molecule has 0 aliphatic heterocycles. The summed E-state index contributed by atoms with van der Waals surface area (Å²) in [5.74, 6) is 2.82. The third-order valence-electron chi connectivity index (χ3n) is 4.00. The lowest BCUT2D eigenvalue weighted by atomic mass is 10.1. The highest BCUT2D eigenvalue weighted by Crippen LogP contribution is 2.31. The van der Waals surface area contributed by atoms with E-state index in [0.29, 0.717) is 11.6 Å². The number of methoxy groups -OCH3 is 2. The topological polar surface area (TPSA) is 68.3 Å². The summed E-state index contributed by atoms with van der Waals surface area (Å²) >= 11 is 0. The van der Waals surface area contributed by atoms with Crippen molar-refractivity contribution in [1.29, 1.82) is 0 Å². The second-order valence-electron chi connectivity index (χ2n) is 5.76. The van der Waals surface area contributed by atoms with Gasteiger partial charge in [-0.3, -0.25) is 0 Å². The number of nitrogens with zero attached hydrogens (tertiary/aromatic N) is 2. The van der Waals surface area contributed by atoms with Gasteiger partial charge in [0.05, 0.1) is 19.9 Å². The van der Waals surface area contributed by atoms with Crippen LogP contribution in [0, 0.1) is 0 Å². The van der Waals surface area contributed by atoms with Gasteiger partial charge in [0.1, 0.15) is 29.5 Å². The smallest absolute Gasteiger partial charge is 0.146 e. The van der Waals surface area contributed by atoms with Crippen molar-refractivity contribution in [2.24, 2.45) is 0 Å². The van der Waals surface area contributed by atoms with Gasteiger partial charge in [-0.2, -0.15) is 0 Å². The maximum atomic E-state index is 5.41. The van der Waals surface area contributed by atoms with Crippen molar-refractivity contribution in [2.75, 3.05) is 24.9 Å². The zero-order valence-corrected chi connectivity index (χ0v) is 15.1. The molecule has 0 fully saturated rings. The molecule has 2 aromatic carbocycles. The second kappa shape index (κ2) is 8.20. The molecule has 0 radical (unpaired) electrons. The third-order valence-corrected chi connectivity index (χ3v) is 4.00. The zero-order chi connectivity index (χ0) is 18.4. The molecule has 1 heterocycles. The Balaban J connectivity index is 1.75. The van der Waals surface area contributed by atoms with Gasteiger partial charge in [0.25, 0.3) is 0 Å². The number of anilines is 3. The number of ether oxygens (including phenoxy) is 2. The first-order valence-corrected chi connectivity index (χ1v) is 8.32. The predicted octanol–water partition coefficient (Wildman–Crippen LogP) is 4.41. The number of aromatic nitrogens is 2. The molecule has 0 amide bonds. The van der Waals surface area contributed by atoms with E-state index in [1.54, 1.807) is 14.2 Å². The van der Waals surface area contributed by atoms with Crippen LogP contribution in [0.2, 0.25) is 0 Å². The highest BCUT2D eigenvalue weighted by molar-refractivity contribution is 5.67. The van der Waals surface area contributed by atoms with E-state index in [0.717, 1.165) is 17.3 Å². The van der Waals surface area contributed by atoms with Crippen LogP contribution in [0.25, 0.3) is 0 Å². The molecule has 3 aromatic rings. The summed E-state index contributed by atoms with van der Waals surface area (Å²) in [5, 5.41) is 6.65. The molecular weight excluding hydrogens is 328 g/mol. The summed E-state index contributed by atoms with van der Waals surface area (Å²) in [6, 6.07) is 17.8. The molecule has 6 heteroatoms. The minimum absolute atomic E-state index is 0.134. The number of nitrogens with one attached hydrogen (secondary N) is 2. The average molecular weight is 350 g/mol. The van der Waals surface area contributed by atoms with Gasteiger partial charge in [-0.15, -0.1) is 0 Å². The lowest BCUT2D eigenvalue weighted by Crippen LogP contribution is -2.08. The van der Waals surface area contributed by atoms with Gasteiger partial charge in [0, 0.05) is 18.2 Å². The molecule has 6 nitrogen and oxygen atoms in total. The largest absolute Gasteiger partial charge is 0.497 e. The van der Waals surface area contributed by atoms with Crippen molar-refractivity contribution < 1.29 is 9.47 Å². The van der Waals surface area contributed by atoms with Crippen LogP contribution < -0.4 is 20.1 Å². The van der Waals surface area contributed by atoms with Crippen molar-refractivity contribution in [2.45, 2.75) is 13.0 Å². The van der Waals surface area contributed by atoms with E-state index in [-0.39, 0.29) is 6.04 Å². The van der Waals surface area contributed by atoms with E-state index in [1.807, 2.05) is 42.5 Å². The van der Waals surface area contributed by atoms with E-state index in [1.165, 1.54) is 11.9 Å². The fourth-order valence-corrected chi connectivity index (χ4v) is 2.59. The second-order valence-corrected chi connectivity index (χ2v) is 5.76. The Morgan fingerprint density at radius 3 is 2.38 bits per heavy atom. The Bertz CT molecular complexity index is 855. The molecule has 26 heavy (non-hydrogen) atoms. The Hall–Kier alpha value is -3.28. The van der Waals surface area contributed by atoms with Crippen LogP contribution in [-0.2, 0) is 0 Å². The number of hydrogen-bond acceptors (Lipinski definition) is 6. The lowest BCUT2D eigenvalue weighted by Gasteiger charge is -2.16. The first kappa shape index (κ1) is 17.5. The molecule has 0 spiro atoms. The van der Waals surface area contributed by atoms with Crippen LogP contribution in [0.15, 0.2) is 60.9 Å². The van der Waals surface area contributed by atoms with Gasteiger partial charge in [-0.25, -0.2) is 9.97 Å². The van der Waals surface area contributed by atoms with Crippen molar-refractivity contribution >= 4 is 17.3 Å². The normalized spacial score (nSPS) is 11.5. The lowest BCUT2D eigenvalue weighted by molar-refractivity contribution is 0.395. The first-order valence-electron chi connectivity index (χ1n) is 8.32. The van der Waals surface area contributed by atoms with Crippen LogP contribution >= 0.6 is 0 Å². The van der Waals surface area contributed by atoms with Crippen LogP contribution in [0.4, 0.5) is 17.3 Å². The molecule has 0 aliphatic carbocycles. The highest BCUT2D eigenvalue weighted by atomic mass is 16.5. The van der Waals surface area contributed by atoms with Crippen LogP contribution in [-0.4, -0.2) is 24.2 Å². The Labute approximate surface area is 153 Å². The SMILES string of the molecule is COc1ccc(Nc2cc(NC(C)c3ccccc3)ncn2)c(OC)c1. The average Bonchev–Trinajstić information content (AvgIpc) is 2.69. The summed E-state index contributed by atoms with van der Waals surface area (Å²) in [5.41, 5.74) is 1.99. The Morgan fingerprint density at radius 1 is 0.885 bits per heavy atom. The van der Waals surface area contributed by atoms with E-state index < -0.39 is 0 Å². The van der Waals surface area contributed by atoms with Gasteiger partial charge in [-0.05, 0) is 24.6 Å². The van der Waals surface area contributed by atoms with E-state index in [2.05, 4.69) is 39.7 Å². The Kier molecular flexibility index (Phi) is 5.53. The minimum atomic E-state index is 0.134. The fourth-order valence-electron chi connectivity index (χ4n) is 2.59. The van der Waals surface area contributed by atoms with Crippen molar-refractivity contribution in [1.82, 2.24) is 9.97 Å². The molecule has 0 aliphatic rings. The molecule has 2 N–H and O–H groups in total. The summed E-state index contributed by atoms with van der Waals surface area (Å²) in [6.45, 7) is 2.09. The Morgan fingerprint density at radius 2 is 1.65 bits per heavy atom. The van der Waals surface area contributed by atoms with Gasteiger partial charge in [0.15, 0.2) is 0 Å². The molecule has 0 bridgehead atoms. The number of rotatable bonds is 7. The van der Waals surface area contributed by atoms with Gasteiger partial charge < -0.3 is 20.1 Å². The molecule has 1 atom stereocenters. The highest BCUT2D eigenvalue weighted by Gasteiger charge is 2.09. The van der Waals surface area contributed by atoms with Crippen LogP contribution in [0.3, 0.4) is 0 Å². The van der Waals surface area contributed by atoms with Crippen LogP contribution in [0.1, 0.15) is 18.5 Å². The van der Waals surface area contributed by atoms with E-state index in [9.17, 15) is 0 Å². The predicted molar refractivity (Wildman–Crippen MR) is 103 cm³/mol. The summed E-state index contributed by atoms with van der Waals surface area (Å²) in [7, 11) is 3.24. The summed E-state index contributed by atoms with van der Waals surface area (Å²) < 4.78 is 10.6. The van der Waals surface area contributed by atoms with Gasteiger partial charge in [0.2, 0.25) is 0 Å². The molecule has 0 saturated heterocycles.